The molecule has 0 aromatic rings. The molecule has 0 unspecified atom stereocenters. The Labute approximate surface area is 82.3 Å². The summed E-state index contributed by atoms with van der Waals surface area (Å²) in [5.41, 5.74) is -1.45. The Hall–Kier alpha value is -0.250. The molecule has 86 valence electrons. The van der Waals surface area contributed by atoms with Gasteiger partial charge >= 0.3 is 0 Å². The van der Waals surface area contributed by atoms with Crippen LogP contribution >= 0.6 is 0 Å². The van der Waals surface area contributed by atoms with E-state index >= 15 is 0 Å². The number of rotatable bonds is 6. The molecule has 0 spiro atoms. The third kappa shape index (κ3) is 3.48. The minimum absolute atomic E-state index is 0.619. The third-order valence-electron chi connectivity index (χ3n) is 2.05. The highest BCUT2D eigenvalue weighted by Crippen LogP contribution is 2.12. The standard InChI is InChI=1S/C6H15NO6S/c1-7(5-14(11,12)13)6(2-8,3-9)4-10/h8-10H,2-5H2,1H3,(H,11,12,13). The van der Waals surface area contributed by atoms with Crippen molar-refractivity contribution in [3.05, 3.63) is 0 Å². The molecule has 8 heteroatoms. The molecule has 0 fully saturated rings. The van der Waals surface area contributed by atoms with E-state index in [0.717, 1.165) is 4.90 Å². The van der Waals surface area contributed by atoms with E-state index < -0.39 is 41.4 Å². The van der Waals surface area contributed by atoms with Crippen LogP contribution in [0.1, 0.15) is 0 Å². The normalized spacial score (nSPS) is 13.6. The molecule has 0 bridgehead atoms. The van der Waals surface area contributed by atoms with Crippen molar-refractivity contribution in [2.75, 3.05) is 32.7 Å². The van der Waals surface area contributed by atoms with Gasteiger partial charge in [0.1, 0.15) is 5.88 Å². The van der Waals surface area contributed by atoms with E-state index in [-0.39, 0.29) is 0 Å². The van der Waals surface area contributed by atoms with E-state index in [1.807, 2.05) is 0 Å². The first-order valence-corrected chi connectivity index (χ1v) is 5.41. The van der Waals surface area contributed by atoms with Crippen molar-refractivity contribution in [3.63, 3.8) is 0 Å². The molecule has 0 heterocycles. The van der Waals surface area contributed by atoms with Gasteiger partial charge in [-0.1, -0.05) is 0 Å². The van der Waals surface area contributed by atoms with Gasteiger partial charge in [0.15, 0.2) is 0 Å². The molecule has 0 saturated carbocycles. The van der Waals surface area contributed by atoms with Gasteiger partial charge in [0, 0.05) is 0 Å². The van der Waals surface area contributed by atoms with Gasteiger partial charge in [-0.3, -0.25) is 9.45 Å². The lowest BCUT2D eigenvalue weighted by atomic mass is 10.0. The van der Waals surface area contributed by atoms with Crippen molar-refractivity contribution in [2.45, 2.75) is 5.54 Å². The number of aliphatic hydroxyl groups is 3. The maximum absolute atomic E-state index is 10.5. The van der Waals surface area contributed by atoms with Gasteiger partial charge in [0.2, 0.25) is 0 Å². The maximum Gasteiger partial charge on any atom is 0.278 e. The first kappa shape index (κ1) is 13.8. The second kappa shape index (κ2) is 5.01. The summed E-state index contributed by atoms with van der Waals surface area (Å²) in [4.78, 5) is 0.975. The molecule has 14 heavy (non-hydrogen) atoms. The molecule has 7 nitrogen and oxygen atoms in total. The Balaban J connectivity index is 4.68. The van der Waals surface area contributed by atoms with Gasteiger partial charge in [0.05, 0.1) is 25.4 Å². The highest BCUT2D eigenvalue weighted by atomic mass is 32.2. The van der Waals surface area contributed by atoms with Crippen molar-refractivity contribution in [2.24, 2.45) is 0 Å². The summed E-state index contributed by atoms with van der Waals surface area (Å²) >= 11 is 0. The van der Waals surface area contributed by atoms with Crippen LogP contribution in [-0.4, -0.2) is 71.5 Å². The first-order valence-electron chi connectivity index (χ1n) is 3.80. The fourth-order valence-electron chi connectivity index (χ4n) is 0.894. The summed E-state index contributed by atoms with van der Waals surface area (Å²) in [6, 6.07) is 0. The molecular formula is C6H15NO6S. The van der Waals surface area contributed by atoms with Crippen LogP contribution in [0.3, 0.4) is 0 Å². The van der Waals surface area contributed by atoms with Crippen LogP contribution < -0.4 is 0 Å². The van der Waals surface area contributed by atoms with Crippen molar-refractivity contribution in [3.8, 4) is 0 Å². The van der Waals surface area contributed by atoms with E-state index in [9.17, 15) is 8.42 Å². The Morgan fingerprint density at radius 1 is 1.14 bits per heavy atom. The first-order chi connectivity index (χ1) is 6.31. The summed E-state index contributed by atoms with van der Waals surface area (Å²) < 4.78 is 29.5. The Morgan fingerprint density at radius 2 is 1.50 bits per heavy atom. The molecule has 4 N–H and O–H groups in total. The molecule has 0 radical (unpaired) electrons. The Bertz CT molecular complexity index is 251. The van der Waals surface area contributed by atoms with Crippen molar-refractivity contribution in [1.82, 2.24) is 4.90 Å². The molecule has 0 aromatic carbocycles. The third-order valence-corrected chi connectivity index (χ3v) is 2.76. The van der Waals surface area contributed by atoms with E-state index in [4.69, 9.17) is 19.9 Å². The maximum atomic E-state index is 10.5. The van der Waals surface area contributed by atoms with Crippen LogP contribution in [0.5, 0.6) is 0 Å². The molecule has 0 aromatic heterocycles. The molecule has 0 atom stereocenters. The molecule has 0 aliphatic carbocycles. The molecule has 0 saturated heterocycles. The quantitative estimate of drug-likeness (QED) is 0.371. The van der Waals surface area contributed by atoms with E-state index in [1.54, 1.807) is 0 Å². The fourth-order valence-corrected chi connectivity index (χ4v) is 1.66. The number of hydrogen-bond donors (Lipinski definition) is 4. The Morgan fingerprint density at radius 3 is 1.71 bits per heavy atom. The fraction of sp³-hybridized carbons (Fsp3) is 1.00. The highest BCUT2D eigenvalue weighted by Gasteiger charge is 2.34. The van der Waals surface area contributed by atoms with Crippen LogP contribution in [0, 0.1) is 0 Å². The molecule has 0 aliphatic rings. The summed E-state index contributed by atoms with van der Waals surface area (Å²) in [5.74, 6) is -0.769. The Kier molecular flexibility index (Phi) is 4.92. The lowest BCUT2D eigenvalue weighted by molar-refractivity contribution is -0.0269. The number of aliphatic hydroxyl groups excluding tert-OH is 3. The van der Waals surface area contributed by atoms with Gasteiger partial charge < -0.3 is 15.3 Å². The van der Waals surface area contributed by atoms with Crippen molar-refractivity contribution in [1.29, 1.82) is 0 Å². The second-order valence-electron chi connectivity index (χ2n) is 3.11. The van der Waals surface area contributed by atoms with E-state index in [1.165, 1.54) is 7.05 Å². The zero-order valence-electron chi connectivity index (χ0n) is 7.79. The van der Waals surface area contributed by atoms with Gasteiger partial charge in [-0.2, -0.15) is 8.42 Å². The zero-order chi connectivity index (χ0) is 11.4. The van der Waals surface area contributed by atoms with Crippen LogP contribution in [0.15, 0.2) is 0 Å². The monoisotopic (exact) mass is 229 g/mol. The van der Waals surface area contributed by atoms with E-state index in [0.29, 0.717) is 0 Å². The number of nitrogens with zero attached hydrogens (tertiary/aromatic N) is 1. The summed E-state index contributed by atoms with van der Waals surface area (Å²) in [6.07, 6.45) is 0. The van der Waals surface area contributed by atoms with E-state index in [2.05, 4.69) is 0 Å². The number of likely N-dealkylation sites (N-methyl/N-ethyl adjacent to an activating group) is 1. The van der Waals surface area contributed by atoms with Crippen LogP contribution in [0.4, 0.5) is 0 Å². The highest BCUT2D eigenvalue weighted by molar-refractivity contribution is 7.85. The summed E-state index contributed by atoms with van der Waals surface area (Å²) in [6.45, 7) is -1.86. The SMILES string of the molecule is CN(CS(=O)(=O)O)C(CO)(CO)CO. The molecule has 0 amide bonds. The van der Waals surface area contributed by atoms with Crippen LogP contribution in [-0.2, 0) is 10.1 Å². The van der Waals surface area contributed by atoms with Crippen LogP contribution in [0.25, 0.3) is 0 Å². The summed E-state index contributed by atoms with van der Waals surface area (Å²) in [7, 11) is -2.98. The smallest absolute Gasteiger partial charge is 0.278 e. The second-order valence-corrected chi connectivity index (χ2v) is 4.53. The molecule has 0 aliphatic heterocycles. The lowest BCUT2D eigenvalue weighted by Crippen LogP contribution is -2.56. The van der Waals surface area contributed by atoms with Crippen LogP contribution in [0.2, 0.25) is 0 Å². The van der Waals surface area contributed by atoms with Crippen molar-refractivity contribution >= 4 is 10.1 Å². The molecular weight excluding hydrogens is 214 g/mol. The minimum Gasteiger partial charge on any atom is -0.394 e. The zero-order valence-corrected chi connectivity index (χ0v) is 8.61. The average molecular weight is 229 g/mol. The summed E-state index contributed by atoms with van der Waals surface area (Å²) in [5, 5.41) is 26.7. The lowest BCUT2D eigenvalue weighted by Gasteiger charge is -2.36. The van der Waals surface area contributed by atoms with Gasteiger partial charge in [-0.05, 0) is 7.05 Å². The molecule has 0 rings (SSSR count). The minimum atomic E-state index is -4.24. The predicted octanol–water partition coefficient (Wildman–Crippen LogP) is -2.52. The van der Waals surface area contributed by atoms with Crippen molar-refractivity contribution < 1.29 is 28.3 Å². The number of hydrogen-bond acceptors (Lipinski definition) is 6. The average Bonchev–Trinajstić information content (AvgIpc) is 2.05. The topological polar surface area (TPSA) is 118 Å². The van der Waals surface area contributed by atoms with Gasteiger partial charge in [-0.25, -0.2) is 0 Å². The predicted molar refractivity (Wildman–Crippen MR) is 48.2 cm³/mol. The van der Waals surface area contributed by atoms with Gasteiger partial charge in [-0.15, -0.1) is 0 Å². The largest absolute Gasteiger partial charge is 0.394 e. The van der Waals surface area contributed by atoms with Gasteiger partial charge in [0.25, 0.3) is 10.1 Å².